The second-order valence-electron chi connectivity index (χ2n) is 13.8. The van der Waals surface area contributed by atoms with Crippen molar-refractivity contribution in [3.8, 4) is 5.82 Å². The molecule has 3 aromatic heterocycles. The van der Waals surface area contributed by atoms with Gasteiger partial charge in [0.1, 0.15) is 16.6 Å². The molecule has 3 aliphatic rings. The third-order valence-electron chi connectivity index (χ3n) is 9.05. The van der Waals surface area contributed by atoms with Crippen molar-refractivity contribution in [1.29, 1.82) is 0 Å². The number of fused-ring (bicyclic) bond motifs is 7. The SMILES string of the molecule is CC(C)(C)OC(=O)N1CC2CN(c3ccc(Nc4ncc5c(=O)n6n(c5n4)-c4cccc(n4)[C@@](C)(O)CC/C=C\C6)cc3)CC2C1. The van der Waals surface area contributed by atoms with Gasteiger partial charge in [-0.2, -0.15) is 4.98 Å². The summed E-state index contributed by atoms with van der Waals surface area (Å²) in [5, 5.41) is 14.8. The first-order valence-electron chi connectivity index (χ1n) is 15.9. The van der Waals surface area contributed by atoms with Gasteiger partial charge in [0.05, 0.1) is 12.2 Å². The van der Waals surface area contributed by atoms with Crippen LogP contribution in [0.2, 0.25) is 0 Å². The zero-order valence-corrected chi connectivity index (χ0v) is 26.7. The number of hydrogen-bond donors (Lipinski definition) is 2. The third kappa shape index (κ3) is 5.73. The quantitative estimate of drug-likeness (QED) is 0.315. The van der Waals surface area contributed by atoms with Crippen LogP contribution < -0.4 is 15.8 Å². The standard InChI is InChI=1S/C34H40N8O4/c1-33(2,3)46-32(44)40-20-22-18-39(19-23(22)21-40)25-13-11-24(12-14-25)36-31-35-17-26-29(38-31)42-28-10-8-9-27(37-28)34(4,45)15-6-5-7-16-41(42)30(26)43/h5,7-14,17,22-23,45H,6,15-16,18-21H2,1-4H3,(H,35,36,38)/b7-5-/t22?,23?,34-/m0/s1. The minimum absolute atomic E-state index is 0.210. The van der Waals surface area contributed by atoms with Gasteiger partial charge in [-0.15, -0.1) is 0 Å². The van der Waals surface area contributed by atoms with Gasteiger partial charge in [0, 0.05) is 55.6 Å². The first-order chi connectivity index (χ1) is 21.9. The molecular formula is C34H40N8O4. The summed E-state index contributed by atoms with van der Waals surface area (Å²) in [4.78, 5) is 44.2. The zero-order chi connectivity index (χ0) is 32.2. The lowest BCUT2D eigenvalue weighted by Gasteiger charge is -2.26. The van der Waals surface area contributed by atoms with Crippen molar-refractivity contribution in [3.05, 3.63) is 76.9 Å². The Kier molecular flexibility index (Phi) is 7.34. The highest BCUT2D eigenvalue weighted by molar-refractivity contribution is 5.77. The molecule has 1 aromatic carbocycles. The predicted molar refractivity (Wildman–Crippen MR) is 176 cm³/mol. The van der Waals surface area contributed by atoms with E-state index in [0.717, 1.165) is 37.6 Å². The first-order valence-corrected chi connectivity index (χ1v) is 15.9. The molecule has 4 aromatic rings. The maximum atomic E-state index is 13.5. The fourth-order valence-corrected chi connectivity index (χ4v) is 6.68. The minimum Gasteiger partial charge on any atom is -0.444 e. The van der Waals surface area contributed by atoms with Crippen LogP contribution in [0.3, 0.4) is 0 Å². The van der Waals surface area contributed by atoms with Gasteiger partial charge in [0.2, 0.25) is 5.95 Å². The number of nitrogens with zero attached hydrogens (tertiary/aromatic N) is 7. The van der Waals surface area contributed by atoms with Crippen LogP contribution in [-0.2, 0) is 16.9 Å². The lowest BCUT2D eigenvalue weighted by molar-refractivity contribution is 0.0282. The molecule has 0 spiro atoms. The molecule has 6 heterocycles. The summed E-state index contributed by atoms with van der Waals surface area (Å²) in [7, 11) is 0. The molecule has 2 fully saturated rings. The van der Waals surface area contributed by atoms with E-state index in [1.165, 1.54) is 0 Å². The summed E-state index contributed by atoms with van der Waals surface area (Å²) >= 11 is 0. The number of aliphatic hydroxyl groups is 1. The number of likely N-dealkylation sites (tertiary alicyclic amines) is 1. The van der Waals surface area contributed by atoms with Crippen molar-refractivity contribution in [2.24, 2.45) is 11.8 Å². The average molecular weight is 625 g/mol. The fourth-order valence-electron chi connectivity index (χ4n) is 6.68. The lowest BCUT2D eigenvalue weighted by atomic mass is 9.95. The molecule has 0 saturated carbocycles. The molecular weight excluding hydrogens is 584 g/mol. The normalized spacial score (nSPS) is 23.5. The van der Waals surface area contributed by atoms with Crippen LogP contribution >= 0.6 is 0 Å². The molecule has 12 nitrogen and oxygen atoms in total. The molecule has 2 N–H and O–H groups in total. The number of allylic oxidation sites excluding steroid dienone is 2. The van der Waals surface area contributed by atoms with Crippen LogP contribution in [0.4, 0.5) is 22.1 Å². The summed E-state index contributed by atoms with van der Waals surface area (Å²) in [6.07, 6.45) is 6.41. The van der Waals surface area contributed by atoms with Gasteiger partial charge in [-0.25, -0.2) is 24.1 Å². The van der Waals surface area contributed by atoms with E-state index in [9.17, 15) is 14.7 Å². The van der Waals surface area contributed by atoms with Gasteiger partial charge in [-0.3, -0.25) is 4.79 Å². The van der Waals surface area contributed by atoms with E-state index in [2.05, 4.69) is 27.3 Å². The van der Waals surface area contributed by atoms with Gasteiger partial charge in [-0.05, 0) is 76.9 Å². The average Bonchev–Trinajstić information content (AvgIpc) is 3.67. The molecule has 46 heavy (non-hydrogen) atoms. The van der Waals surface area contributed by atoms with E-state index in [4.69, 9.17) is 14.7 Å². The van der Waals surface area contributed by atoms with E-state index >= 15 is 0 Å². The molecule has 12 heteroatoms. The second kappa shape index (κ2) is 11.3. The number of hydrogen-bond acceptors (Lipinski definition) is 9. The van der Waals surface area contributed by atoms with E-state index in [1.807, 2.05) is 62.1 Å². The van der Waals surface area contributed by atoms with E-state index in [1.54, 1.807) is 28.6 Å². The molecule has 3 atom stereocenters. The van der Waals surface area contributed by atoms with Crippen molar-refractivity contribution < 1.29 is 14.6 Å². The summed E-state index contributed by atoms with van der Waals surface area (Å²) < 4.78 is 8.88. The highest BCUT2D eigenvalue weighted by atomic mass is 16.6. The molecule has 7 rings (SSSR count). The Hall–Kier alpha value is -4.71. The summed E-state index contributed by atoms with van der Waals surface area (Å²) in [5.41, 5.74) is 1.10. The summed E-state index contributed by atoms with van der Waals surface area (Å²) in [6.45, 7) is 11.0. The Bertz CT molecular complexity index is 1860. The van der Waals surface area contributed by atoms with E-state index < -0.39 is 11.2 Å². The third-order valence-corrected chi connectivity index (χ3v) is 9.05. The molecule has 2 unspecified atom stereocenters. The summed E-state index contributed by atoms with van der Waals surface area (Å²) in [5.74, 6) is 1.70. The highest BCUT2D eigenvalue weighted by Crippen LogP contribution is 2.35. The Balaban J connectivity index is 1.10. The molecule has 3 aliphatic heterocycles. The lowest BCUT2D eigenvalue weighted by Crippen LogP contribution is -2.37. The highest BCUT2D eigenvalue weighted by Gasteiger charge is 2.42. The van der Waals surface area contributed by atoms with Crippen LogP contribution in [0.5, 0.6) is 0 Å². The van der Waals surface area contributed by atoms with Crippen molar-refractivity contribution in [1.82, 2.24) is 29.2 Å². The smallest absolute Gasteiger partial charge is 0.410 e. The molecule has 2 saturated heterocycles. The van der Waals surface area contributed by atoms with Gasteiger partial charge in [-0.1, -0.05) is 18.2 Å². The van der Waals surface area contributed by atoms with Crippen LogP contribution in [0.15, 0.2) is 65.6 Å². The number of carbonyl (C=O) groups is 1. The Morgan fingerprint density at radius 3 is 2.48 bits per heavy atom. The van der Waals surface area contributed by atoms with Gasteiger partial charge >= 0.3 is 6.09 Å². The number of rotatable bonds is 3. The largest absolute Gasteiger partial charge is 0.444 e. The Morgan fingerprint density at radius 1 is 1.02 bits per heavy atom. The van der Waals surface area contributed by atoms with Crippen LogP contribution in [0, 0.1) is 11.8 Å². The molecule has 1 amide bonds. The molecule has 0 aliphatic carbocycles. The number of amides is 1. The van der Waals surface area contributed by atoms with Crippen LogP contribution in [0.1, 0.15) is 46.2 Å². The topological polar surface area (TPSA) is 131 Å². The monoisotopic (exact) mass is 624 g/mol. The number of anilines is 3. The number of nitrogens with one attached hydrogen (secondary N) is 1. The predicted octanol–water partition coefficient (Wildman–Crippen LogP) is 4.58. The number of ether oxygens (including phenoxy) is 1. The minimum atomic E-state index is -1.11. The first kappa shape index (κ1) is 30.0. The number of pyridine rings is 1. The van der Waals surface area contributed by atoms with Gasteiger partial charge < -0.3 is 25.0 Å². The van der Waals surface area contributed by atoms with Crippen molar-refractivity contribution in [3.63, 3.8) is 0 Å². The van der Waals surface area contributed by atoms with Crippen LogP contribution in [0.25, 0.3) is 16.9 Å². The maximum absolute atomic E-state index is 13.5. The van der Waals surface area contributed by atoms with Gasteiger partial charge in [0.25, 0.3) is 5.56 Å². The molecule has 240 valence electrons. The summed E-state index contributed by atoms with van der Waals surface area (Å²) in [6, 6.07) is 13.6. The van der Waals surface area contributed by atoms with Crippen molar-refractivity contribution in [2.75, 3.05) is 36.4 Å². The van der Waals surface area contributed by atoms with E-state index in [-0.39, 0.29) is 11.7 Å². The van der Waals surface area contributed by atoms with Crippen molar-refractivity contribution in [2.45, 2.75) is 58.3 Å². The van der Waals surface area contributed by atoms with Crippen molar-refractivity contribution >= 4 is 34.4 Å². The molecule has 0 radical (unpaired) electrons. The molecule has 2 bridgehead atoms. The second-order valence-corrected chi connectivity index (χ2v) is 13.8. The van der Waals surface area contributed by atoms with Crippen LogP contribution in [-0.4, -0.2) is 72.2 Å². The van der Waals surface area contributed by atoms with Gasteiger partial charge in [0.15, 0.2) is 11.5 Å². The fraction of sp³-hybridized carbons (Fsp3) is 0.441. The maximum Gasteiger partial charge on any atom is 0.410 e. The number of aromatic nitrogens is 5. The number of benzene rings is 1. The zero-order valence-electron chi connectivity index (χ0n) is 26.7. The van der Waals surface area contributed by atoms with E-state index in [0.29, 0.717) is 59.7 Å². The Morgan fingerprint density at radius 2 is 1.76 bits per heavy atom. The number of carbonyl (C=O) groups excluding carboxylic acids is 1. The Labute approximate surface area is 267 Å².